The molecule has 112 valence electrons. The van der Waals surface area contributed by atoms with Crippen LogP contribution in [-0.2, 0) is 12.6 Å². The van der Waals surface area contributed by atoms with Crippen molar-refractivity contribution in [3.05, 3.63) is 69.2 Å². The summed E-state index contributed by atoms with van der Waals surface area (Å²) in [5.74, 6) is 0. The zero-order valence-corrected chi connectivity index (χ0v) is 12.9. The third-order valence-electron chi connectivity index (χ3n) is 3.23. The quantitative estimate of drug-likeness (QED) is 0.813. The maximum atomic E-state index is 13.0. The van der Waals surface area contributed by atoms with E-state index in [0.29, 0.717) is 4.47 Å². The lowest BCUT2D eigenvalue weighted by Gasteiger charge is -2.18. The maximum Gasteiger partial charge on any atom is 0.416 e. The fraction of sp³-hybridized carbons (Fsp3) is 0.250. The molecule has 0 fully saturated rings. The number of hydrogen-bond acceptors (Lipinski definition) is 1. The monoisotopic (exact) mass is 358 g/mol. The smallest absolute Gasteiger partial charge is 0.388 e. The highest BCUT2D eigenvalue weighted by Gasteiger charge is 2.35. The van der Waals surface area contributed by atoms with Gasteiger partial charge in [0.05, 0.1) is 11.7 Å². The van der Waals surface area contributed by atoms with Gasteiger partial charge in [0.15, 0.2) is 0 Å². The van der Waals surface area contributed by atoms with Crippen molar-refractivity contribution < 1.29 is 18.3 Å². The SMILES string of the molecule is Cc1ccc(CC(O)c2ccc(Br)cc2C(F)(F)F)cc1. The molecule has 0 amide bonds. The Morgan fingerprint density at radius 1 is 1.10 bits per heavy atom. The summed E-state index contributed by atoms with van der Waals surface area (Å²) in [6, 6.07) is 11.2. The molecule has 0 heterocycles. The van der Waals surface area contributed by atoms with Crippen LogP contribution in [0.3, 0.4) is 0 Å². The minimum Gasteiger partial charge on any atom is -0.388 e. The molecule has 0 saturated carbocycles. The van der Waals surface area contributed by atoms with Crippen LogP contribution in [0.5, 0.6) is 0 Å². The van der Waals surface area contributed by atoms with Crippen molar-refractivity contribution in [2.75, 3.05) is 0 Å². The lowest BCUT2D eigenvalue weighted by Crippen LogP contribution is -2.13. The molecule has 0 aromatic heterocycles. The van der Waals surface area contributed by atoms with E-state index in [4.69, 9.17) is 0 Å². The van der Waals surface area contributed by atoms with Crippen LogP contribution in [0.2, 0.25) is 0 Å². The average Bonchev–Trinajstić information content (AvgIpc) is 2.40. The number of rotatable bonds is 3. The van der Waals surface area contributed by atoms with Gasteiger partial charge in [-0.15, -0.1) is 0 Å². The molecular weight excluding hydrogens is 345 g/mol. The van der Waals surface area contributed by atoms with Crippen molar-refractivity contribution in [3.63, 3.8) is 0 Å². The summed E-state index contributed by atoms with van der Waals surface area (Å²) in [6.07, 6.45) is -5.55. The molecule has 2 rings (SSSR count). The first kappa shape index (κ1) is 16.0. The van der Waals surface area contributed by atoms with Crippen molar-refractivity contribution >= 4 is 15.9 Å². The predicted octanol–water partition coefficient (Wildman–Crippen LogP) is 5.05. The Labute approximate surface area is 129 Å². The fourth-order valence-corrected chi connectivity index (χ4v) is 2.48. The molecule has 5 heteroatoms. The van der Waals surface area contributed by atoms with Gasteiger partial charge in [-0.2, -0.15) is 13.2 Å². The molecule has 1 atom stereocenters. The molecule has 21 heavy (non-hydrogen) atoms. The molecule has 1 N–H and O–H groups in total. The Bertz CT molecular complexity index is 620. The maximum absolute atomic E-state index is 13.0. The van der Waals surface area contributed by atoms with E-state index in [-0.39, 0.29) is 12.0 Å². The highest BCUT2D eigenvalue weighted by atomic mass is 79.9. The summed E-state index contributed by atoms with van der Waals surface area (Å²) in [5, 5.41) is 10.2. The van der Waals surface area contributed by atoms with E-state index in [1.807, 2.05) is 31.2 Å². The molecule has 2 aromatic rings. The Hall–Kier alpha value is -1.33. The average molecular weight is 359 g/mol. The molecule has 2 aromatic carbocycles. The Morgan fingerprint density at radius 2 is 1.71 bits per heavy atom. The normalized spacial score (nSPS) is 13.2. The van der Waals surface area contributed by atoms with Crippen molar-refractivity contribution in [1.29, 1.82) is 0 Å². The van der Waals surface area contributed by atoms with Crippen molar-refractivity contribution in [2.24, 2.45) is 0 Å². The Morgan fingerprint density at radius 3 is 2.29 bits per heavy atom. The number of halogens is 4. The van der Waals surface area contributed by atoms with Crippen LogP contribution in [0.1, 0.15) is 28.4 Å². The summed E-state index contributed by atoms with van der Waals surface area (Å²) in [6.45, 7) is 1.93. The minimum atomic E-state index is -4.49. The first-order chi connectivity index (χ1) is 9.77. The number of aliphatic hydroxyl groups excluding tert-OH is 1. The van der Waals surface area contributed by atoms with Gasteiger partial charge >= 0.3 is 6.18 Å². The van der Waals surface area contributed by atoms with Gasteiger partial charge in [-0.25, -0.2) is 0 Å². The minimum absolute atomic E-state index is 0.105. The second kappa shape index (κ2) is 6.20. The summed E-state index contributed by atoms with van der Waals surface area (Å²) >= 11 is 3.03. The summed E-state index contributed by atoms with van der Waals surface area (Å²) < 4.78 is 39.5. The molecule has 0 aliphatic heterocycles. The fourth-order valence-electron chi connectivity index (χ4n) is 2.12. The zero-order valence-electron chi connectivity index (χ0n) is 11.3. The second-order valence-corrected chi connectivity index (χ2v) is 5.85. The highest BCUT2D eigenvalue weighted by Crippen LogP contribution is 2.37. The molecule has 1 nitrogen and oxygen atoms in total. The largest absolute Gasteiger partial charge is 0.416 e. The summed E-state index contributed by atoms with van der Waals surface area (Å²) in [5.41, 5.74) is 0.944. The molecule has 0 saturated heterocycles. The van der Waals surface area contributed by atoms with Gasteiger partial charge < -0.3 is 5.11 Å². The van der Waals surface area contributed by atoms with Gasteiger partial charge in [-0.1, -0.05) is 51.8 Å². The van der Waals surface area contributed by atoms with Gasteiger partial charge in [-0.3, -0.25) is 0 Å². The van der Waals surface area contributed by atoms with E-state index < -0.39 is 17.8 Å². The van der Waals surface area contributed by atoms with Crippen molar-refractivity contribution in [1.82, 2.24) is 0 Å². The van der Waals surface area contributed by atoms with Gasteiger partial charge in [0, 0.05) is 10.9 Å². The van der Waals surface area contributed by atoms with Crippen LogP contribution in [0.25, 0.3) is 0 Å². The Kier molecular flexibility index (Phi) is 4.74. The standard InChI is InChI=1S/C16H14BrF3O/c1-10-2-4-11(5-3-10)8-15(21)13-7-6-12(17)9-14(13)16(18,19)20/h2-7,9,15,21H,8H2,1H3. The first-order valence-corrected chi connectivity index (χ1v) is 7.17. The summed E-state index contributed by atoms with van der Waals surface area (Å²) in [4.78, 5) is 0. The van der Waals surface area contributed by atoms with Crippen LogP contribution in [0.4, 0.5) is 13.2 Å². The molecule has 0 radical (unpaired) electrons. The topological polar surface area (TPSA) is 20.2 Å². The molecular formula is C16H14BrF3O. The van der Waals surface area contributed by atoms with Crippen molar-refractivity contribution in [2.45, 2.75) is 25.6 Å². The van der Waals surface area contributed by atoms with E-state index in [1.165, 1.54) is 12.1 Å². The van der Waals surface area contributed by atoms with E-state index in [9.17, 15) is 18.3 Å². The Balaban J connectivity index is 2.30. The molecule has 0 aliphatic rings. The van der Waals surface area contributed by atoms with Crippen LogP contribution >= 0.6 is 15.9 Å². The number of hydrogen-bond donors (Lipinski definition) is 1. The number of alkyl halides is 3. The zero-order chi connectivity index (χ0) is 15.6. The third-order valence-corrected chi connectivity index (χ3v) is 3.72. The van der Waals surface area contributed by atoms with E-state index >= 15 is 0 Å². The first-order valence-electron chi connectivity index (χ1n) is 6.37. The van der Waals surface area contributed by atoms with Gasteiger partial charge in [0.25, 0.3) is 0 Å². The van der Waals surface area contributed by atoms with Crippen LogP contribution in [0.15, 0.2) is 46.9 Å². The van der Waals surface area contributed by atoms with E-state index in [2.05, 4.69) is 15.9 Å². The number of aliphatic hydroxyl groups is 1. The molecule has 1 unspecified atom stereocenters. The third kappa shape index (κ3) is 4.08. The number of benzene rings is 2. The van der Waals surface area contributed by atoms with Crippen molar-refractivity contribution in [3.8, 4) is 0 Å². The molecule has 0 aliphatic carbocycles. The van der Waals surface area contributed by atoms with Crippen LogP contribution in [-0.4, -0.2) is 5.11 Å². The highest BCUT2D eigenvalue weighted by molar-refractivity contribution is 9.10. The molecule has 0 bridgehead atoms. The number of aryl methyl sites for hydroxylation is 1. The lowest BCUT2D eigenvalue weighted by atomic mass is 9.96. The molecule has 0 spiro atoms. The predicted molar refractivity (Wildman–Crippen MR) is 79.0 cm³/mol. The summed E-state index contributed by atoms with van der Waals surface area (Å²) in [7, 11) is 0. The lowest BCUT2D eigenvalue weighted by molar-refractivity contribution is -0.139. The van der Waals surface area contributed by atoms with Crippen LogP contribution < -0.4 is 0 Å². The van der Waals surface area contributed by atoms with E-state index in [0.717, 1.165) is 17.2 Å². The van der Waals surface area contributed by atoms with Gasteiger partial charge in [0.1, 0.15) is 0 Å². The van der Waals surface area contributed by atoms with Crippen LogP contribution in [0, 0.1) is 6.92 Å². The second-order valence-electron chi connectivity index (χ2n) is 4.93. The van der Waals surface area contributed by atoms with Gasteiger partial charge in [-0.05, 0) is 30.2 Å². The van der Waals surface area contributed by atoms with Gasteiger partial charge in [0.2, 0.25) is 0 Å². The van der Waals surface area contributed by atoms with E-state index in [1.54, 1.807) is 0 Å².